The highest BCUT2D eigenvalue weighted by molar-refractivity contribution is 6.34. The summed E-state index contributed by atoms with van der Waals surface area (Å²) in [6, 6.07) is 137. The van der Waals surface area contributed by atoms with Crippen LogP contribution in [0.15, 0.2) is 382 Å². The van der Waals surface area contributed by atoms with Crippen LogP contribution in [0, 0.1) is 27.7 Å². The van der Waals surface area contributed by atoms with Gasteiger partial charge in [0.1, 0.15) is 0 Å². The van der Waals surface area contributed by atoms with E-state index in [1.54, 1.807) is 0 Å². The number of nitrogens with zero attached hydrogens (tertiary/aromatic N) is 6. The molecule has 0 fully saturated rings. The molecule has 0 N–H and O–H groups in total. The van der Waals surface area contributed by atoms with E-state index in [4.69, 9.17) is 0 Å². The smallest absolute Gasteiger partial charge is 0.0494 e. The van der Waals surface area contributed by atoms with Crippen molar-refractivity contribution in [3.05, 3.63) is 404 Å². The Morgan fingerprint density at radius 3 is 0.832 bits per heavy atom. The Kier molecular flexibility index (Phi) is 19.1. The van der Waals surface area contributed by atoms with Gasteiger partial charge in [0, 0.05) is 117 Å². The zero-order chi connectivity index (χ0) is 72.9. The van der Waals surface area contributed by atoms with Gasteiger partial charge >= 0.3 is 0 Å². The number of aryl methyl sites for hydroxylation is 4. The molecule has 0 heterocycles. The summed E-state index contributed by atoms with van der Waals surface area (Å²) >= 11 is 0. The highest BCUT2D eigenvalue weighted by Crippen LogP contribution is 2.46. The van der Waals surface area contributed by atoms with Crippen molar-refractivity contribution in [3.8, 4) is 0 Å². The summed E-state index contributed by atoms with van der Waals surface area (Å²) in [5, 5.41) is 15.6. The first kappa shape index (κ1) is 68.0. The molecule has 0 unspecified atom stereocenters. The summed E-state index contributed by atoms with van der Waals surface area (Å²) in [5.41, 5.74) is 22.4. The lowest BCUT2D eigenvalue weighted by atomic mass is 9.89. The third kappa shape index (κ3) is 13.9. The molecule has 0 aromatic heterocycles. The molecule has 107 heavy (non-hydrogen) atoms. The number of anilines is 15. The molecule has 6 heteroatoms. The molecule has 0 amide bonds. The van der Waals surface area contributed by atoms with Gasteiger partial charge in [-0.1, -0.05) is 235 Å². The largest absolute Gasteiger partial charge is 0.345 e. The zero-order valence-electron chi connectivity index (χ0n) is 61.6. The van der Waals surface area contributed by atoms with E-state index in [1.807, 2.05) is 0 Å². The van der Waals surface area contributed by atoms with Gasteiger partial charge in [0.2, 0.25) is 0 Å². The number of fused-ring (bicyclic) bond motifs is 5. The minimum absolute atomic E-state index is 1.13. The van der Waals surface area contributed by atoms with Crippen molar-refractivity contribution in [1.29, 1.82) is 0 Å². The van der Waals surface area contributed by atoms with Crippen LogP contribution < -0.4 is 29.4 Å². The van der Waals surface area contributed by atoms with Crippen molar-refractivity contribution >= 4 is 150 Å². The van der Waals surface area contributed by atoms with Gasteiger partial charge < -0.3 is 29.4 Å². The number of rotatable bonds is 15. The van der Waals surface area contributed by atoms with Crippen LogP contribution in [0.3, 0.4) is 0 Å². The minimum atomic E-state index is 1.13. The summed E-state index contributed by atoms with van der Waals surface area (Å²) in [5.74, 6) is 0. The first-order valence-electron chi connectivity index (χ1n) is 36.8. The fourth-order valence-electron chi connectivity index (χ4n) is 15.1. The van der Waals surface area contributed by atoms with Gasteiger partial charge in [0.25, 0.3) is 0 Å². The van der Waals surface area contributed by atoms with Crippen molar-refractivity contribution in [2.24, 2.45) is 0 Å². The quantitative estimate of drug-likeness (QED) is 0.0747. The molecule has 0 saturated carbocycles. The Hall–Kier alpha value is -13.4. The van der Waals surface area contributed by atoms with Crippen LogP contribution >= 0.6 is 0 Å². The maximum atomic E-state index is 2.31. The predicted octanol–water partition coefficient (Wildman–Crippen LogP) is 28.4. The fraction of sp³-hybridized carbons (Fsp3) is 0.0693. The van der Waals surface area contributed by atoms with E-state index in [1.165, 1.54) is 104 Å². The first-order valence-corrected chi connectivity index (χ1v) is 36.8. The van der Waals surface area contributed by atoms with E-state index in [-0.39, 0.29) is 0 Å². The van der Waals surface area contributed by atoms with Gasteiger partial charge in [-0.15, -0.1) is 0 Å². The molecule has 0 saturated heterocycles. The van der Waals surface area contributed by atoms with Gasteiger partial charge in [0.15, 0.2) is 0 Å². The molecule has 0 radical (unpaired) electrons. The first-order chi connectivity index (χ1) is 52.5. The fourth-order valence-corrected chi connectivity index (χ4v) is 15.1. The van der Waals surface area contributed by atoms with Crippen LogP contribution in [-0.2, 0) is 0 Å². The Balaban J connectivity index is 0.000000125. The van der Waals surface area contributed by atoms with Crippen LogP contribution in [-0.4, -0.2) is 21.1 Å². The molecule has 0 spiro atoms. The number of hydrogen-bond donors (Lipinski definition) is 0. The van der Waals surface area contributed by atoms with E-state index < -0.39 is 0 Å². The molecule has 0 aliphatic carbocycles. The second-order valence-corrected chi connectivity index (χ2v) is 27.8. The van der Waals surface area contributed by atoms with Gasteiger partial charge in [-0.05, 0) is 251 Å². The van der Waals surface area contributed by atoms with E-state index in [0.29, 0.717) is 0 Å². The molecule has 18 rings (SSSR count). The second-order valence-electron chi connectivity index (χ2n) is 27.8. The summed E-state index contributed by atoms with van der Waals surface area (Å²) < 4.78 is 0. The maximum absolute atomic E-state index is 2.31. The molecule has 18 aromatic rings. The Morgan fingerprint density at radius 1 is 0.159 bits per heavy atom. The molecule has 0 aliphatic rings. The molecule has 518 valence electrons. The lowest BCUT2D eigenvalue weighted by molar-refractivity contribution is 1.20. The highest BCUT2D eigenvalue weighted by atomic mass is 15.2. The zero-order valence-corrected chi connectivity index (χ0v) is 61.6. The third-order valence-electron chi connectivity index (χ3n) is 20.8. The SMILES string of the molecule is Cc1ccc(N(C)c2ccc(N(c3ccccc3)c3ccc(C)cc3)cc2)cc1.Cc1ccc(N(c2ccccc2)c2ccc(N(C)c3cc4ccccc4c4ccccc34)cc2)cc1.Cc1ccc(N(c2ccccc2)c2ccc(N(C)c3ccc4c5cccc6cccc(c7cccc3c74)c65)cc2)cc1. The molecule has 0 aliphatic heterocycles. The van der Waals surface area contributed by atoms with Crippen LogP contribution in [0.2, 0.25) is 0 Å². The molecular formula is C101H84N6. The summed E-state index contributed by atoms with van der Waals surface area (Å²) in [6.45, 7) is 8.48. The van der Waals surface area contributed by atoms with Crippen LogP contribution in [0.1, 0.15) is 22.3 Å². The van der Waals surface area contributed by atoms with E-state index >= 15 is 0 Å². The van der Waals surface area contributed by atoms with E-state index in [9.17, 15) is 0 Å². The monoisotopic (exact) mass is 1380 g/mol. The van der Waals surface area contributed by atoms with Crippen molar-refractivity contribution in [2.45, 2.75) is 27.7 Å². The van der Waals surface area contributed by atoms with Crippen molar-refractivity contribution in [2.75, 3.05) is 50.5 Å². The average Bonchev–Trinajstić information content (AvgIpc) is 0.706. The van der Waals surface area contributed by atoms with Crippen LogP contribution in [0.4, 0.5) is 85.3 Å². The van der Waals surface area contributed by atoms with Crippen molar-refractivity contribution < 1.29 is 0 Å². The molecular weight excluding hydrogens is 1300 g/mol. The topological polar surface area (TPSA) is 19.4 Å². The summed E-state index contributed by atoms with van der Waals surface area (Å²) in [6.07, 6.45) is 0. The summed E-state index contributed by atoms with van der Waals surface area (Å²) in [4.78, 5) is 13.7. The predicted molar refractivity (Wildman–Crippen MR) is 462 cm³/mol. The molecule has 6 nitrogen and oxygen atoms in total. The molecule has 0 atom stereocenters. The maximum Gasteiger partial charge on any atom is 0.0494 e. The van der Waals surface area contributed by atoms with Crippen LogP contribution in [0.5, 0.6) is 0 Å². The van der Waals surface area contributed by atoms with Crippen LogP contribution in [0.25, 0.3) is 64.6 Å². The highest BCUT2D eigenvalue weighted by Gasteiger charge is 2.21. The molecule has 0 bridgehead atoms. The standard InChI is InChI=1S/C40H30N2.C34H28N2.C27H26N2/c1-27-17-19-31(20-18-27)42(30-11-4-3-5-12-30)32-23-21-29(22-24-32)41(2)38-26-25-36-34-14-7-10-28-9-6-13-33(39(28)34)35-15-8-16-37(38)40(35)36;1-25-16-18-29(19-17-25)36(28-11-4-3-5-12-28)30-22-20-27(21-23-30)35(2)34-24-26-10-6-7-13-31(26)32-14-8-9-15-33(32)34;1-21-9-13-23(14-10-21)28(3)24-17-19-27(20-18-24)29(25-7-5-4-6-8-25)26-15-11-22(2)12-16-26/h3-26H,1-2H3;3-24H,1-2H3;4-20H,1-3H3. The second kappa shape index (κ2) is 30.1. The van der Waals surface area contributed by atoms with Gasteiger partial charge in [-0.2, -0.15) is 0 Å². The van der Waals surface area contributed by atoms with Gasteiger partial charge in [0.05, 0.1) is 0 Å². The lowest BCUT2D eigenvalue weighted by Crippen LogP contribution is -2.12. The Bertz CT molecular complexity index is 6000. The number of para-hydroxylation sites is 3. The van der Waals surface area contributed by atoms with Crippen molar-refractivity contribution in [3.63, 3.8) is 0 Å². The normalized spacial score (nSPS) is 11.1. The van der Waals surface area contributed by atoms with Gasteiger partial charge in [-0.3, -0.25) is 0 Å². The van der Waals surface area contributed by atoms with E-state index in [0.717, 1.165) is 68.2 Å². The summed E-state index contributed by atoms with van der Waals surface area (Å²) in [7, 11) is 6.43. The number of benzene rings is 18. The Labute approximate surface area is 628 Å². The third-order valence-corrected chi connectivity index (χ3v) is 20.8. The van der Waals surface area contributed by atoms with E-state index in [2.05, 4.69) is 460 Å². The molecule has 18 aromatic carbocycles. The van der Waals surface area contributed by atoms with Gasteiger partial charge in [-0.25, -0.2) is 0 Å². The number of hydrogen-bond acceptors (Lipinski definition) is 6. The average molecular weight is 1380 g/mol. The van der Waals surface area contributed by atoms with Crippen molar-refractivity contribution in [1.82, 2.24) is 0 Å². The lowest BCUT2D eigenvalue weighted by Gasteiger charge is -2.27. The minimum Gasteiger partial charge on any atom is -0.345 e. The Morgan fingerprint density at radius 2 is 0.421 bits per heavy atom.